The van der Waals surface area contributed by atoms with E-state index < -0.39 is 0 Å². The number of hydrogen-bond donors (Lipinski definition) is 0. The highest BCUT2D eigenvalue weighted by Crippen LogP contribution is 2.22. The lowest BCUT2D eigenvalue weighted by Crippen LogP contribution is -2.32. The van der Waals surface area contributed by atoms with E-state index in [-0.39, 0.29) is 23.5 Å². The summed E-state index contributed by atoms with van der Waals surface area (Å²) in [5, 5.41) is 0. The van der Waals surface area contributed by atoms with Crippen molar-refractivity contribution in [1.82, 2.24) is 4.90 Å². The molecule has 0 spiro atoms. The first kappa shape index (κ1) is 12.5. The molecule has 0 aromatic heterocycles. The largest absolute Gasteiger partial charge is 0.278 e. The Labute approximate surface area is 112 Å². The van der Waals surface area contributed by atoms with E-state index in [4.69, 9.17) is 0 Å². The number of carbonyl (C=O) groups is 2. The minimum atomic E-state index is -0.382. The maximum Gasteiger partial charge on any atom is 0.261 e. The van der Waals surface area contributed by atoms with Gasteiger partial charge in [0.15, 0.2) is 0 Å². The zero-order valence-electron chi connectivity index (χ0n) is 9.24. The molecule has 3 nitrogen and oxygen atoms in total. The standard InChI is InChI=1S/C12H11FINO2/c1-7-4-11(16)15(6-7)12(17)9-3-2-8(13)5-10(9)14/h2-3,5,7H,4,6H2,1H3. The van der Waals surface area contributed by atoms with Crippen LogP contribution in [0.4, 0.5) is 4.39 Å². The number of benzene rings is 1. The third-order valence-corrected chi connectivity index (χ3v) is 3.62. The van der Waals surface area contributed by atoms with Crippen molar-refractivity contribution < 1.29 is 14.0 Å². The third-order valence-electron chi connectivity index (χ3n) is 2.73. The number of rotatable bonds is 1. The Morgan fingerprint density at radius 2 is 2.24 bits per heavy atom. The minimum Gasteiger partial charge on any atom is -0.278 e. The summed E-state index contributed by atoms with van der Waals surface area (Å²) in [6.45, 7) is 2.38. The second kappa shape index (κ2) is 4.72. The van der Waals surface area contributed by atoms with E-state index in [1.54, 1.807) is 0 Å². The van der Waals surface area contributed by atoms with Gasteiger partial charge in [-0.1, -0.05) is 6.92 Å². The normalized spacial score (nSPS) is 19.8. The molecule has 1 unspecified atom stereocenters. The Bertz CT molecular complexity index is 489. The van der Waals surface area contributed by atoms with Crippen molar-refractivity contribution >= 4 is 34.4 Å². The monoisotopic (exact) mass is 347 g/mol. The molecule has 1 fully saturated rings. The van der Waals surface area contributed by atoms with Crippen molar-refractivity contribution in [3.05, 3.63) is 33.1 Å². The molecule has 17 heavy (non-hydrogen) atoms. The zero-order chi connectivity index (χ0) is 12.6. The van der Waals surface area contributed by atoms with Crippen molar-refractivity contribution in [2.24, 2.45) is 5.92 Å². The van der Waals surface area contributed by atoms with E-state index in [1.165, 1.54) is 23.1 Å². The molecular formula is C12H11FINO2. The molecule has 1 aliphatic heterocycles. The third kappa shape index (κ3) is 2.48. The SMILES string of the molecule is CC1CC(=O)N(C(=O)c2ccc(F)cc2I)C1. The Hall–Kier alpha value is -0.980. The fourth-order valence-corrected chi connectivity index (χ4v) is 2.60. The molecule has 0 saturated carbocycles. The highest BCUT2D eigenvalue weighted by molar-refractivity contribution is 14.1. The predicted molar refractivity (Wildman–Crippen MR) is 68.9 cm³/mol. The molecule has 1 aliphatic rings. The molecule has 90 valence electrons. The second-order valence-electron chi connectivity index (χ2n) is 4.24. The number of hydrogen-bond acceptors (Lipinski definition) is 2. The topological polar surface area (TPSA) is 37.4 Å². The summed E-state index contributed by atoms with van der Waals surface area (Å²) < 4.78 is 13.5. The van der Waals surface area contributed by atoms with Gasteiger partial charge in [0.1, 0.15) is 5.82 Å². The zero-order valence-corrected chi connectivity index (χ0v) is 11.4. The Morgan fingerprint density at radius 1 is 1.53 bits per heavy atom. The van der Waals surface area contributed by atoms with Crippen molar-refractivity contribution in [3.8, 4) is 0 Å². The smallest absolute Gasteiger partial charge is 0.261 e. The van der Waals surface area contributed by atoms with Crippen LogP contribution in [0.5, 0.6) is 0 Å². The number of imide groups is 1. The van der Waals surface area contributed by atoms with Gasteiger partial charge in [-0.2, -0.15) is 0 Å². The first-order valence-electron chi connectivity index (χ1n) is 5.29. The number of carbonyl (C=O) groups excluding carboxylic acids is 2. The van der Waals surface area contributed by atoms with E-state index in [9.17, 15) is 14.0 Å². The molecule has 0 radical (unpaired) electrons. The van der Waals surface area contributed by atoms with Crippen LogP contribution in [0.2, 0.25) is 0 Å². The van der Waals surface area contributed by atoms with Gasteiger partial charge in [-0.15, -0.1) is 0 Å². The predicted octanol–water partition coefficient (Wildman–Crippen LogP) is 2.44. The van der Waals surface area contributed by atoms with Crippen LogP contribution in [-0.2, 0) is 4.79 Å². The van der Waals surface area contributed by atoms with Crippen LogP contribution in [0.1, 0.15) is 23.7 Å². The average molecular weight is 347 g/mol. The van der Waals surface area contributed by atoms with Crippen LogP contribution >= 0.6 is 22.6 Å². The van der Waals surface area contributed by atoms with Crippen LogP contribution in [0.15, 0.2) is 18.2 Å². The molecule has 2 rings (SSSR count). The van der Waals surface area contributed by atoms with Gasteiger partial charge >= 0.3 is 0 Å². The summed E-state index contributed by atoms with van der Waals surface area (Å²) in [5.41, 5.74) is 0.384. The summed E-state index contributed by atoms with van der Waals surface area (Å²) in [5.74, 6) is -0.664. The molecular weight excluding hydrogens is 336 g/mol. The molecule has 0 bridgehead atoms. The highest BCUT2D eigenvalue weighted by atomic mass is 127. The highest BCUT2D eigenvalue weighted by Gasteiger charge is 2.32. The lowest BCUT2D eigenvalue weighted by atomic mass is 10.2. The van der Waals surface area contributed by atoms with Gasteiger partial charge in [0.2, 0.25) is 5.91 Å². The first-order chi connectivity index (χ1) is 7.99. The van der Waals surface area contributed by atoms with Crippen LogP contribution in [0.25, 0.3) is 0 Å². The number of likely N-dealkylation sites (tertiary alicyclic amines) is 1. The fourth-order valence-electron chi connectivity index (χ4n) is 1.89. The first-order valence-corrected chi connectivity index (χ1v) is 6.36. The Balaban J connectivity index is 2.28. The Morgan fingerprint density at radius 3 is 2.76 bits per heavy atom. The van der Waals surface area contributed by atoms with E-state index >= 15 is 0 Å². The molecule has 2 amide bonds. The number of nitrogens with zero attached hydrogens (tertiary/aromatic N) is 1. The van der Waals surface area contributed by atoms with E-state index in [2.05, 4.69) is 0 Å². The minimum absolute atomic E-state index is 0.150. The van der Waals surface area contributed by atoms with Gasteiger partial charge in [0.05, 0.1) is 5.56 Å². The fraction of sp³-hybridized carbons (Fsp3) is 0.333. The van der Waals surface area contributed by atoms with Crippen molar-refractivity contribution in [3.63, 3.8) is 0 Å². The molecule has 1 saturated heterocycles. The van der Waals surface area contributed by atoms with Gasteiger partial charge in [-0.3, -0.25) is 14.5 Å². The van der Waals surface area contributed by atoms with Gasteiger partial charge in [0.25, 0.3) is 5.91 Å². The van der Waals surface area contributed by atoms with Crippen LogP contribution in [0, 0.1) is 15.3 Å². The molecule has 0 N–H and O–H groups in total. The molecule has 0 aliphatic carbocycles. The molecule has 5 heteroatoms. The van der Waals surface area contributed by atoms with Crippen molar-refractivity contribution in [1.29, 1.82) is 0 Å². The summed E-state index contributed by atoms with van der Waals surface area (Å²) in [7, 11) is 0. The summed E-state index contributed by atoms with van der Waals surface area (Å²) in [6.07, 6.45) is 0.406. The van der Waals surface area contributed by atoms with Crippen LogP contribution < -0.4 is 0 Å². The average Bonchev–Trinajstić information content (AvgIpc) is 2.57. The lowest BCUT2D eigenvalue weighted by molar-refractivity contribution is -0.125. The van der Waals surface area contributed by atoms with Gasteiger partial charge in [-0.05, 0) is 46.7 Å². The Kier molecular flexibility index (Phi) is 3.46. The molecule has 1 heterocycles. The van der Waals surface area contributed by atoms with E-state index in [0.29, 0.717) is 22.1 Å². The van der Waals surface area contributed by atoms with Crippen LogP contribution in [0.3, 0.4) is 0 Å². The van der Waals surface area contributed by atoms with E-state index in [0.717, 1.165) is 0 Å². The lowest BCUT2D eigenvalue weighted by Gasteiger charge is -2.15. The second-order valence-corrected chi connectivity index (χ2v) is 5.41. The van der Waals surface area contributed by atoms with Crippen LogP contribution in [-0.4, -0.2) is 23.3 Å². The summed E-state index contributed by atoms with van der Waals surface area (Å²) >= 11 is 1.90. The molecule has 1 aromatic rings. The summed E-state index contributed by atoms with van der Waals surface area (Å²) in [4.78, 5) is 25.0. The van der Waals surface area contributed by atoms with Gasteiger partial charge < -0.3 is 0 Å². The van der Waals surface area contributed by atoms with Crippen molar-refractivity contribution in [2.75, 3.05) is 6.54 Å². The number of halogens is 2. The summed E-state index contributed by atoms with van der Waals surface area (Å²) in [6, 6.07) is 3.95. The molecule has 1 atom stereocenters. The van der Waals surface area contributed by atoms with Crippen molar-refractivity contribution in [2.45, 2.75) is 13.3 Å². The van der Waals surface area contributed by atoms with Gasteiger partial charge in [0, 0.05) is 16.5 Å². The van der Waals surface area contributed by atoms with E-state index in [1.807, 2.05) is 29.5 Å². The maximum atomic E-state index is 12.9. The number of amides is 2. The van der Waals surface area contributed by atoms with Gasteiger partial charge in [-0.25, -0.2) is 4.39 Å². The maximum absolute atomic E-state index is 12.9. The quantitative estimate of drug-likeness (QED) is 0.578. The molecule has 1 aromatic carbocycles.